The molecule has 1 saturated carbocycles. The van der Waals surface area contributed by atoms with Crippen LogP contribution in [0.3, 0.4) is 0 Å². The Kier molecular flexibility index (Phi) is 8.00. The zero-order chi connectivity index (χ0) is 29.5. The van der Waals surface area contributed by atoms with Gasteiger partial charge in [0.2, 0.25) is 11.8 Å². The van der Waals surface area contributed by atoms with Crippen LogP contribution in [-0.2, 0) is 31.0 Å². The summed E-state index contributed by atoms with van der Waals surface area (Å²) in [6, 6.07) is 11.3. The van der Waals surface area contributed by atoms with E-state index in [4.69, 9.17) is 11.6 Å². The number of nitrogens with one attached hydrogen (secondary N) is 1. The van der Waals surface area contributed by atoms with Crippen LogP contribution in [0, 0.1) is 11.3 Å². The Morgan fingerprint density at radius 3 is 2.30 bits per heavy atom. The standard InChI is InChI=1S/C28H29ClF3N3O4S/c1-3-26(2,17-33)34-24(36)22-15-20(40(38,39)23-8-5-4-7-21(23)28(30,31)32)16-35(22)25(37)27(13-6-14-27)18-9-11-19(29)12-10-18/h4-5,7-12,20,22H,3,6,13-16H2,1-2H3,(H,34,36)/t20-,22+,26?/m1/s1. The minimum Gasteiger partial charge on any atom is -0.336 e. The third-order valence-electron chi connectivity index (χ3n) is 8.13. The molecule has 0 spiro atoms. The van der Waals surface area contributed by atoms with E-state index < -0.39 is 73.5 Å². The van der Waals surface area contributed by atoms with Crippen LogP contribution in [-0.4, -0.2) is 48.5 Å². The molecule has 1 aliphatic carbocycles. The van der Waals surface area contributed by atoms with E-state index in [0.29, 0.717) is 29.5 Å². The van der Waals surface area contributed by atoms with Crippen LogP contribution in [0.4, 0.5) is 13.2 Å². The minimum atomic E-state index is -4.92. The number of hydrogen-bond acceptors (Lipinski definition) is 5. The predicted molar refractivity (Wildman–Crippen MR) is 142 cm³/mol. The van der Waals surface area contributed by atoms with Gasteiger partial charge in [-0.1, -0.05) is 49.2 Å². The van der Waals surface area contributed by atoms with Gasteiger partial charge in [-0.15, -0.1) is 0 Å². The third-order valence-corrected chi connectivity index (χ3v) is 10.6. The van der Waals surface area contributed by atoms with Crippen molar-refractivity contribution in [3.8, 4) is 6.07 Å². The first-order valence-electron chi connectivity index (χ1n) is 12.9. The molecule has 1 heterocycles. The number of nitriles is 1. The Hall–Kier alpha value is -3.10. The number of sulfone groups is 1. The van der Waals surface area contributed by atoms with Crippen LogP contribution < -0.4 is 5.32 Å². The Morgan fingerprint density at radius 2 is 1.77 bits per heavy atom. The molecular weight excluding hydrogens is 567 g/mol. The van der Waals surface area contributed by atoms with Gasteiger partial charge in [-0.2, -0.15) is 18.4 Å². The van der Waals surface area contributed by atoms with Crippen LogP contribution in [0.5, 0.6) is 0 Å². The number of nitrogens with zero attached hydrogens (tertiary/aromatic N) is 2. The molecule has 12 heteroatoms. The summed E-state index contributed by atoms with van der Waals surface area (Å²) in [5.41, 5.74) is -2.94. The SMILES string of the molecule is CCC(C)(C#N)NC(=O)[C@@H]1C[C@@H](S(=O)(=O)c2ccccc2C(F)(F)F)CN1C(=O)C1(c2ccc(Cl)cc2)CCC1. The maximum atomic E-state index is 14.2. The topological polar surface area (TPSA) is 107 Å². The van der Waals surface area contributed by atoms with Crippen LogP contribution in [0.15, 0.2) is 53.4 Å². The number of carbonyl (C=O) groups excluding carboxylic acids is 2. The molecule has 1 N–H and O–H groups in total. The van der Waals surface area contributed by atoms with E-state index >= 15 is 0 Å². The molecule has 7 nitrogen and oxygen atoms in total. The molecule has 0 aromatic heterocycles. The van der Waals surface area contributed by atoms with Gasteiger partial charge >= 0.3 is 6.18 Å². The highest BCUT2D eigenvalue weighted by Gasteiger charge is 2.54. The van der Waals surface area contributed by atoms with E-state index in [2.05, 4.69) is 5.32 Å². The molecule has 3 atom stereocenters. The second-order valence-corrected chi connectivity index (χ2v) is 13.2. The lowest BCUT2D eigenvalue weighted by atomic mass is 9.63. The van der Waals surface area contributed by atoms with Crippen molar-refractivity contribution in [3.05, 3.63) is 64.7 Å². The summed E-state index contributed by atoms with van der Waals surface area (Å²) < 4.78 is 68.5. The largest absolute Gasteiger partial charge is 0.417 e. The smallest absolute Gasteiger partial charge is 0.336 e. The molecular formula is C28H29ClF3N3O4S. The summed E-state index contributed by atoms with van der Waals surface area (Å²) in [4.78, 5) is 27.9. The van der Waals surface area contributed by atoms with Gasteiger partial charge in [0.25, 0.3) is 0 Å². The molecule has 2 fully saturated rings. The van der Waals surface area contributed by atoms with Gasteiger partial charge in [0.15, 0.2) is 9.84 Å². The van der Waals surface area contributed by atoms with Gasteiger partial charge in [-0.25, -0.2) is 8.42 Å². The fourth-order valence-electron chi connectivity index (χ4n) is 5.37. The van der Waals surface area contributed by atoms with Gasteiger partial charge < -0.3 is 10.2 Å². The lowest BCUT2D eigenvalue weighted by molar-refractivity contribution is -0.146. The molecule has 1 saturated heterocycles. The fraction of sp³-hybridized carbons (Fsp3) is 0.464. The molecule has 2 aromatic rings. The molecule has 214 valence electrons. The number of carbonyl (C=O) groups is 2. The first kappa shape index (κ1) is 29.9. The van der Waals surface area contributed by atoms with E-state index in [9.17, 15) is 36.4 Å². The Bertz CT molecular complexity index is 1450. The summed E-state index contributed by atoms with van der Waals surface area (Å²) in [6.45, 7) is 2.73. The number of hydrogen-bond donors (Lipinski definition) is 1. The Morgan fingerprint density at radius 1 is 1.15 bits per heavy atom. The van der Waals surface area contributed by atoms with E-state index in [1.54, 1.807) is 31.2 Å². The normalized spacial score (nSPS) is 22.1. The molecule has 2 amide bonds. The monoisotopic (exact) mass is 595 g/mol. The zero-order valence-electron chi connectivity index (χ0n) is 22.0. The molecule has 0 bridgehead atoms. The van der Waals surface area contributed by atoms with Gasteiger partial charge in [0.1, 0.15) is 11.6 Å². The lowest BCUT2D eigenvalue weighted by Crippen LogP contribution is -2.57. The first-order valence-corrected chi connectivity index (χ1v) is 14.8. The second-order valence-electron chi connectivity index (χ2n) is 10.6. The van der Waals surface area contributed by atoms with Crippen molar-refractivity contribution >= 4 is 33.3 Å². The molecule has 1 unspecified atom stereocenters. The predicted octanol–water partition coefficient (Wildman–Crippen LogP) is 5.03. The number of amides is 2. The van der Waals surface area contributed by atoms with Crippen molar-refractivity contribution < 1.29 is 31.2 Å². The number of rotatable bonds is 7. The molecule has 40 heavy (non-hydrogen) atoms. The quantitative estimate of drug-likeness (QED) is 0.483. The summed E-state index contributed by atoms with van der Waals surface area (Å²) >= 11 is 6.03. The van der Waals surface area contributed by atoms with Crippen LogP contribution >= 0.6 is 11.6 Å². The Labute approximate surface area is 236 Å². The lowest BCUT2D eigenvalue weighted by Gasteiger charge is -2.44. The van der Waals surface area contributed by atoms with Crippen LogP contribution in [0.2, 0.25) is 5.02 Å². The highest BCUT2D eigenvalue weighted by molar-refractivity contribution is 7.92. The average Bonchev–Trinajstić information content (AvgIpc) is 3.35. The minimum absolute atomic E-state index is 0.241. The highest BCUT2D eigenvalue weighted by atomic mass is 35.5. The summed E-state index contributed by atoms with van der Waals surface area (Å²) in [6.07, 6.45) is -3.45. The fourth-order valence-corrected chi connectivity index (χ4v) is 7.41. The van der Waals surface area contributed by atoms with Crippen molar-refractivity contribution in [3.63, 3.8) is 0 Å². The van der Waals surface area contributed by atoms with Crippen LogP contribution in [0.25, 0.3) is 0 Å². The third kappa shape index (κ3) is 5.31. The van der Waals surface area contributed by atoms with Gasteiger partial charge in [0, 0.05) is 11.6 Å². The number of halogens is 4. The molecule has 4 rings (SSSR count). The van der Waals surface area contributed by atoms with E-state index in [-0.39, 0.29) is 6.42 Å². The highest BCUT2D eigenvalue weighted by Crippen LogP contribution is 2.47. The van der Waals surface area contributed by atoms with Gasteiger partial charge in [-0.3, -0.25) is 9.59 Å². The molecule has 2 aromatic carbocycles. The average molecular weight is 596 g/mol. The summed E-state index contributed by atoms with van der Waals surface area (Å²) in [5.74, 6) is -1.20. The number of likely N-dealkylation sites (tertiary alicyclic amines) is 1. The van der Waals surface area contributed by atoms with Crippen molar-refractivity contribution in [1.82, 2.24) is 10.2 Å². The maximum absolute atomic E-state index is 14.2. The Balaban J connectivity index is 1.75. The van der Waals surface area contributed by atoms with Crippen molar-refractivity contribution in [2.75, 3.05) is 6.54 Å². The summed E-state index contributed by atoms with van der Waals surface area (Å²) in [5, 5.41) is 11.2. The maximum Gasteiger partial charge on any atom is 0.417 e. The summed E-state index contributed by atoms with van der Waals surface area (Å²) in [7, 11) is -4.62. The molecule has 1 aliphatic heterocycles. The number of benzene rings is 2. The molecule has 0 radical (unpaired) electrons. The van der Waals surface area contributed by atoms with E-state index in [0.717, 1.165) is 18.6 Å². The van der Waals surface area contributed by atoms with Gasteiger partial charge in [-0.05, 0) is 62.4 Å². The first-order chi connectivity index (χ1) is 18.7. The van der Waals surface area contributed by atoms with Crippen molar-refractivity contribution in [2.45, 2.75) is 79.3 Å². The number of alkyl halides is 3. The zero-order valence-corrected chi connectivity index (χ0v) is 23.5. The van der Waals surface area contributed by atoms with Crippen molar-refractivity contribution in [2.24, 2.45) is 0 Å². The second kappa shape index (κ2) is 10.7. The molecule has 2 aliphatic rings. The van der Waals surface area contributed by atoms with E-state index in [1.165, 1.54) is 17.9 Å². The van der Waals surface area contributed by atoms with Crippen molar-refractivity contribution in [1.29, 1.82) is 5.26 Å². The van der Waals surface area contributed by atoms with Crippen LogP contribution in [0.1, 0.15) is 57.1 Å². The van der Waals surface area contributed by atoms with Gasteiger partial charge in [0.05, 0.1) is 27.2 Å². The van der Waals surface area contributed by atoms with E-state index in [1.807, 2.05) is 6.07 Å².